The molecule has 9 nitrogen and oxygen atoms in total. The number of morpholine rings is 1. The van der Waals surface area contributed by atoms with Gasteiger partial charge in [-0.1, -0.05) is 0 Å². The normalized spacial score (nSPS) is 14.7. The van der Waals surface area contributed by atoms with Crippen molar-refractivity contribution in [2.75, 3.05) is 57.9 Å². The zero-order valence-electron chi connectivity index (χ0n) is 22.1. The second-order valence-corrected chi connectivity index (χ2v) is 11.4. The highest BCUT2D eigenvalue weighted by atomic mass is 32.1. The molecule has 36 heavy (non-hydrogen) atoms. The second-order valence-electron chi connectivity index (χ2n) is 10.2. The van der Waals surface area contributed by atoms with Gasteiger partial charge in [-0.2, -0.15) is 0 Å². The molecule has 1 aliphatic heterocycles. The Morgan fingerprint density at radius 1 is 1.25 bits per heavy atom. The van der Waals surface area contributed by atoms with E-state index in [0.717, 1.165) is 60.2 Å². The Morgan fingerprint density at radius 2 is 2.00 bits per heavy atom. The quantitative estimate of drug-likeness (QED) is 0.491. The van der Waals surface area contributed by atoms with Gasteiger partial charge in [0.2, 0.25) is 5.91 Å². The van der Waals surface area contributed by atoms with Crippen molar-refractivity contribution in [1.82, 2.24) is 25.2 Å². The minimum atomic E-state index is -0.300. The molecule has 0 unspecified atom stereocenters. The van der Waals surface area contributed by atoms with E-state index in [-0.39, 0.29) is 18.0 Å². The molecular formula is C26H36N6O3S. The number of aryl methyl sites for hydroxylation is 2. The number of hydrogen-bond donors (Lipinski definition) is 1. The van der Waals surface area contributed by atoms with Crippen molar-refractivity contribution in [3.63, 3.8) is 0 Å². The van der Waals surface area contributed by atoms with Crippen LogP contribution in [0.3, 0.4) is 0 Å². The Bertz CT molecular complexity index is 1220. The molecule has 0 radical (unpaired) electrons. The van der Waals surface area contributed by atoms with Crippen molar-refractivity contribution in [3.8, 4) is 17.3 Å². The third kappa shape index (κ3) is 6.48. The van der Waals surface area contributed by atoms with Crippen LogP contribution in [0.15, 0.2) is 18.3 Å². The van der Waals surface area contributed by atoms with Crippen LogP contribution in [0.5, 0.6) is 5.75 Å². The molecule has 0 spiro atoms. The molecule has 1 aliphatic rings. The molecule has 1 amide bonds. The van der Waals surface area contributed by atoms with Crippen molar-refractivity contribution in [1.29, 1.82) is 0 Å². The van der Waals surface area contributed by atoms with Crippen molar-refractivity contribution < 1.29 is 14.3 Å². The monoisotopic (exact) mass is 512 g/mol. The van der Waals surface area contributed by atoms with Crippen LogP contribution in [0, 0.1) is 13.8 Å². The van der Waals surface area contributed by atoms with Gasteiger partial charge in [-0.15, -0.1) is 11.3 Å². The number of pyridine rings is 1. The predicted octanol–water partition coefficient (Wildman–Crippen LogP) is 3.43. The Morgan fingerprint density at radius 3 is 2.72 bits per heavy atom. The third-order valence-corrected chi connectivity index (χ3v) is 7.11. The number of rotatable bonds is 8. The number of nitrogens with zero attached hydrogens (tertiary/aromatic N) is 5. The SMILES string of the molecule is Cc1sc2nc(-c3cc(OCCN4CCOCC4)ccn3)nc(N(C)CC(=O)NC(C)(C)C)c2c1C. The van der Waals surface area contributed by atoms with Crippen LogP contribution in [0.2, 0.25) is 0 Å². The fourth-order valence-corrected chi connectivity index (χ4v) is 5.13. The minimum absolute atomic E-state index is 0.0586. The summed E-state index contributed by atoms with van der Waals surface area (Å²) in [6, 6.07) is 3.73. The van der Waals surface area contributed by atoms with Crippen LogP contribution in [-0.2, 0) is 9.53 Å². The summed E-state index contributed by atoms with van der Waals surface area (Å²) in [5, 5.41) is 4.00. The Labute approximate surface area is 216 Å². The van der Waals surface area contributed by atoms with Crippen LogP contribution in [0.4, 0.5) is 5.82 Å². The summed E-state index contributed by atoms with van der Waals surface area (Å²) in [5.74, 6) is 1.91. The number of aromatic nitrogens is 3. The first-order valence-electron chi connectivity index (χ1n) is 12.3. The van der Waals surface area contributed by atoms with Crippen LogP contribution in [0.1, 0.15) is 31.2 Å². The average molecular weight is 513 g/mol. The average Bonchev–Trinajstić information content (AvgIpc) is 3.11. The van der Waals surface area contributed by atoms with Gasteiger partial charge in [-0.3, -0.25) is 14.7 Å². The zero-order chi connectivity index (χ0) is 25.9. The van der Waals surface area contributed by atoms with Crippen molar-refractivity contribution in [2.24, 2.45) is 0 Å². The maximum Gasteiger partial charge on any atom is 0.239 e. The molecule has 0 aliphatic carbocycles. The molecular weight excluding hydrogens is 476 g/mol. The highest BCUT2D eigenvalue weighted by Crippen LogP contribution is 2.36. The summed E-state index contributed by atoms with van der Waals surface area (Å²) in [6.07, 6.45) is 1.72. The zero-order valence-corrected chi connectivity index (χ0v) is 22.9. The number of likely N-dealkylation sites (N-methyl/N-ethyl adjacent to an activating group) is 1. The number of carbonyl (C=O) groups is 1. The molecule has 3 aromatic rings. The van der Waals surface area contributed by atoms with Crippen LogP contribution < -0.4 is 15.0 Å². The van der Waals surface area contributed by atoms with Gasteiger partial charge in [0.05, 0.1) is 25.1 Å². The van der Waals surface area contributed by atoms with E-state index in [1.165, 1.54) is 4.88 Å². The number of nitrogens with one attached hydrogen (secondary N) is 1. The largest absolute Gasteiger partial charge is 0.492 e. The van der Waals surface area contributed by atoms with E-state index in [1.54, 1.807) is 17.5 Å². The van der Waals surface area contributed by atoms with E-state index in [1.807, 2.05) is 44.9 Å². The lowest BCUT2D eigenvalue weighted by Gasteiger charge is -2.26. The first-order chi connectivity index (χ1) is 17.1. The van der Waals surface area contributed by atoms with Crippen LogP contribution in [0.25, 0.3) is 21.7 Å². The van der Waals surface area contributed by atoms with E-state index >= 15 is 0 Å². The topological polar surface area (TPSA) is 92.7 Å². The first kappa shape index (κ1) is 26.2. The number of carbonyl (C=O) groups excluding carboxylic acids is 1. The standard InChI is InChI=1S/C26H36N6O3S/c1-17-18(2)36-25-22(17)24(31(6)16-21(33)30-26(3,4)5)28-23(29-25)20-15-19(7-8-27-20)35-14-11-32-9-12-34-13-10-32/h7-8,15H,9-14,16H2,1-6H3,(H,30,33). The van der Waals surface area contributed by atoms with Gasteiger partial charge in [-0.05, 0) is 46.2 Å². The number of anilines is 1. The summed E-state index contributed by atoms with van der Waals surface area (Å²) < 4.78 is 11.4. The lowest BCUT2D eigenvalue weighted by atomic mass is 10.1. The summed E-state index contributed by atoms with van der Waals surface area (Å²) in [6.45, 7) is 15.1. The molecule has 0 saturated carbocycles. The van der Waals surface area contributed by atoms with Crippen LogP contribution in [-0.4, -0.2) is 84.3 Å². The van der Waals surface area contributed by atoms with Gasteiger partial charge in [0.1, 0.15) is 28.7 Å². The highest BCUT2D eigenvalue weighted by Gasteiger charge is 2.22. The summed E-state index contributed by atoms with van der Waals surface area (Å²) >= 11 is 1.63. The summed E-state index contributed by atoms with van der Waals surface area (Å²) in [7, 11) is 1.89. The Balaban J connectivity index is 1.58. The van der Waals surface area contributed by atoms with Crippen molar-refractivity contribution >= 4 is 33.3 Å². The van der Waals surface area contributed by atoms with Crippen LogP contribution >= 0.6 is 11.3 Å². The molecule has 3 aromatic heterocycles. The number of thiophene rings is 1. The first-order valence-corrected chi connectivity index (χ1v) is 13.1. The highest BCUT2D eigenvalue weighted by molar-refractivity contribution is 7.18. The molecule has 0 atom stereocenters. The van der Waals surface area contributed by atoms with E-state index in [2.05, 4.69) is 29.0 Å². The second kappa shape index (κ2) is 11.1. The van der Waals surface area contributed by atoms with Crippen molar-refractivity contribution in [2.45, 2.75) is 40.2 Å². The smallest absolute Gasteiger partial charge is 0.239 e. The molecule has 1 N–H and O–H groups in total. The van der Waals surface area contributed by atoms with E-state index in [9.17, 15) is 4.79 Å². The fourth-order valence-electron chi connectivity index (χ4n) is 4.11. The van der Waals surface area contributed by atoms with E-state index < -0.39 is 0 Å². The van der Waals surface area contributed by atoms with Gasteiger partial charge in [0.15, 0.2) is 5.82 Å². The lowest BCUT2D eigenvalue weighted by molar-refractivity contribution is -0.121. The molecule has 0 bridgehead atoms. The maximum atomic E-state index is 12.7. The molecule has 10 heteroatoms. The number of fused-ring (bicyclic) bond motifs is 1. The lowest BCUT2D eigenvalue weighted by Crippen LogP contribution is -2.45. The Kier molecular flexibility index (Phi) is 8.07. The third-order valence-electron chi connectivity index (χ3n) is 6.01. The molecule has 4 heterocycles. The molecule has 1 saturated heterocycles. The predicted molar refractivity (Wildman–Crippen MR) is 144 cm³/mol. The van der Waals surface area contributed by atoms with Gasteiger partial charge in [0, 0.05) is 49.4 Å². The van der Waals surface area contributed by atoms with Gasteiger partial charge in [-0.25, -0.2) is 9.97 Å². The fraction of sp³-hybridized carbons (Fsp3) is 0.538. The number of hydrogen-bond acceptors (Lipinski definition) is 9. The summed E-state index contributed by atoms with van der Waals surface area (Å²) in [4.78, 5) is 33.2. The summed E-state index contributed by atoms with van der Waals surface area (Å²) in [5.41, 5.74) is 1.47. The maximum absolute atomic E-state index is 12.7. The van der Waals surface area contributed by atoms with E-state index in [0.29, 0.717) is 18.1 Å². The number of amides is 1. The van der Waals surface area contributed by atoms with Gasteiger partial charge in [0.25, 0.3) is 0 Å². The van der Waals surface area contributed by atoms with E-state index in [4.69, 9.17) is 19.4 Å². The molecule has 1 fully saturated rings. The molecule has 4 rings (SSSR count). The minimum Gasteiger partial charge on any atom is -0.492 e. The molecule has 194 valence electrons. The van der Waals surface area contributed by atoms with Crippen molar-refractivity contribution in [3.05, 3.63) is 28.8 Å². The molecule has 0 aromatic carbocycles. The van der Waals surface area contributed by atoms with Gasteiger partial charge < -0.3 is 19.7 Å². The van der Waals surface area contributed by atoms with Gasteiger partial charge >= 0.3 is 0 Å². The Hall–Kier alpha value is -2.82. The number of ether oxygens (including phenoxy) is 2.